The molecular formula is C10H12O5S. The SMILES string of the molecule is Cc1ccccc1S(=O)(=O)O[C@H](C)C(=O)O. The Balaban J connectivity index is 3.04. The first-order valence-electron chi connectivity index (χ1n) is 4.56. The second-order valence-electron chi connectivity index (χ2n) is 3.30. The summed E-state index contributed by atoms with van der Waals surface area (Å²) in [6.45, 7) is 2.78. The number of hydrogen-bond donors (Lipinski definition) is 1. The van der Waals surface area contributed by atoms with Crippen LogP contribution in [0.5, 0.6) is 0 Å². The van der Waals surface area contributed by atoms with Gasteiger partial charge in [-0.25, -0.2) is 4.79 Å². The van der Waals surface area contributed by atoms with E-state index in [0.717, 1.165) is 6.92 Å². The van der Waals surface area contributed by atoms with Gasteiger partial charge in [-0.15, -0.1) is 0 Å². The third-order valence-electron chi connectivity index (χ3n) is 1.98. The highest BCUT2D eigenvalue weighted by atomic mass is 32.2. The van der Waals surface area contributed by atoms with Crippen LogP contribution in [-0.2, 0) is 19.1 Å². The summed E-state index contributed by atoms with van der Waals surface area (Å²) in [4.78, 5) is 10.5. The van der Waals surface area contributed by atoms with E-state index in [9.17, 15) is 13.2 Å². The zero-order valence-electron chi connectivity index (χ0n) is 8.88. The minimum absolute atomic E-state index is 0.0110. The molecule has 0 radical (unpaired) electrons. The van der Waals surface area contributed by atoms with Crippen LogP contribution in [0.25, 0.3) is 0 Å². The average molecular weight is 244 g/mol. The van der Waals surface area contributed by atoms with Gasteiger partial charge in [-0.1, -0.05) is 18.2 Å². The lowest BCUT2D eigenvalue weighted by Gasteiger charge is -2.10. The molecule has 88 valence electrons. The van der Waals surface area contributed by atoms with E-state index < -0.39 is 22.2 Å². The number of carbonyl (C=O) groups is 1. The topological polar surface area (TPSA) is 80.7 Å². The molecule has 0 aliphatic heterocycles. The van der Waals surface area contributed by atoms with Gasteiger partial charge in [0.15, 0.2) is 6.10 Å². The molecule has 0 aliphatic rings. The molecule has 1 N–H and O–H groups in total. The van der Waals surface area contributed by atoms with Crippen LogP contribution in [0.1, 0.15) is 12.5 Å². The van der Waals surface area contributed by atoms with Gasteiger partial charge in [0.05, 0.1) is 4.90 Å². The maximum atomic E-state index is 11.7. The summed E-state index contributed by atoms with van der Waals surface area (Å²) < 4.78 is 27.9. The Kier molecular flexibility index (Phi) is 3.66. The first-order chi connectivity index (χ1) is 7.34. The van der Waals surface area contributed by atoms with Crippen molar-refractivity contribution in [1.29, 1.82) is 0 Å². The van der Waals surface area contributed by atoms with Crippen LogP contribution in [0.3, 0.4) is 0 Å². The zero-order chi connectivity index (χ0) is 12.3. The molecule has 0 fully saturated rings. The van der Waals surface area contributed by atoms with E-state index in [-0.39, 0.29) is 4.90 Å². The fourth-order valence-electron chi connectivity index (χ4n) is 1.12. The molecule has 16 heavy (non-hydrogen) atoms. The Labute approximate surface area is 93.8 Å². The minimum atomic E-state index is -4.02. The third-order valence-corrected chi connectivity index (χ3v) is 3.52. The Morgan fingerprint density at radius 2 is 1.94 bits per heavy atom. The Hall–Kier alpha value is -1.40. The van der Waals surface area contributed by atoms with Crippen molar-refractivity contribution in [3.63, 3.8) is 0 Å². The highest BCUT2D eigenvalue weighted by molar-refractivity contribution is 7.86. The van der Waals surface area contributed by atoms with Crippen molar-refractivity contribution < 1.29 is 22.5 Å². The Morgan fingerprint density at radius 1 is 1.38 bits per heavy atom. The maximum Gasteiger partial charge on any atom is 0.334 e. The Morgan fingerprint density at radius 3 is 2.44 bits per heavy atom. The van der Waals surface area contributed by atoms with E-state index in [4.69, 9.17) is 5.11 Å². The van der Waals surface area contributed by atoms with Crippen molar-refractivity contribution in [1.82, 2.24) is 0 Å². The molecule has 1 atom stereocenters. The Bertz CT molecular complexity index is 492. The second kappa shape index (κ2) is 4.63. The molecule has 0 heterocycles. The van der Waals surface area contributed by atoms with Crippen LogP contribution in [0.2, 0.25) is 0 Å². The quantitative estimate of drug-likeness (QED) is 0.804. The number of aliphatic carboxylic acids is 1. The van der Waals surface area contributed by atoms with Crippen LogP contribution in [0.15, 0.2) is 29.2 Å². The number of rotatable bonds is 4. The molecular weight excluding hydrogens is 232 g/mol. The van der Waals surface area contributed by atoms with Crippen molar-refractivity contribution in [2.24, 2.45) is 0 Å². The lowest BCUT2D eigenvalue weighted by atomic mass is 10.2. The van der Waals surface area contributed by atoms with E-state index in [1.54, 1.807) is 25.1 Å². The molecule has 5 nitrogen and oxygen atoms in total. The summed E-state index contributed by atoms with van der Waals surface area (Å²) in [7, 11) is -4.02. The molecule has 1 aromatic carbocycles. The van der Waals surface area contributed by atoms with Crippen molar-refractivity contribution in [3.05, 3.63) is 29.8 Å². The van der Waals surface area contributed by atoms with Gasteiger partial charge in [-0.2, -0.15) is 8.42 Å². The molecule has 0 saturated carbocycles. The van der Waals surface area contributed by atoms with Crippen LogP contribution >= 0.6 is 0 Å². The monoisotopic (exact) mass is 244 g/mol. The predicted molar refractivity (Wildman–Crippen MR) is 56.5 cm³/mol. The second-order valence-corrected chi connectivity index (χ2v) is 4.84. The summed E-state index contributed by atoms with van der Waals surface area (Å²) in [5.41, 5.74) is 0.514. The van der Waals surface area contributed by atoms with E-state index in [0.29, 0.717) is 5.56 Å². The number of carboxylic acid groups (broad SMARTS) is 1. The minimum Gasteiger partial charge on any atom is -0.479 e. The zero-order valence-corrected chi connectivity index (χ0v) is 9.69. The van der Waals surface area contributed by atoms with E-state index in [2.05, 4.69) is 4.18 Å². The lowest BCUT2D eigenvalue weighted by molar-refractivity contribution is -0.144. The van der Waals surface area contributed by atoms with Gasteiger partial charge in [0, 0.05) is 0 Å². The summed E-state index contributed by atoms with van der Waals surface area (Å²) >= 11 is 0. The first kappa shape index (κ1) is 12.7. The van der Waals surface area contributed by atoms with E-state index in [1.165, 1.54) is 6.07 Å². The van der Waals surface area contributed by atoms with Crippen molar-refractivity contribution in [2.45, 2.75) is 24.8 Å². The van der Waals surface area contributed by atoms with Crippen LogP contribution < -0.4 is 0 Å². The smallest absolute Gasteiger partial charge is 0.334 e. The van der Waals surface area contributed by atoms with Gasteiger partial charge >= 0.3 is 5.97 Å². The first-order valence-corrected chi connectivity index (χ1v) is 5.97. The lowest BCUT2D eigenvalue weighted by Crippen LogP contribution is -2.24. The number of aryl methyl sites for hydroxylation is 1. The molecule has 0 bridgehead atoms. The van der Waals surface area contributed by atoms with Crippen LogP contribution in [0, 0.1) is 6.92 Å². The predicted octanol–water partition coefficient (Wildman–Crippen LogP) is 1.17. The fourth-order valence-corrected chi connectivity index (χ4v) is 2.39. The van der Waals surface area contributed by atoms with Gasteiger partial charge in [-0.05, 0) is 25.5 Å². The highest BCUT2D eigenvalue weighted by Crippen LogP contribution is 2.18. The molecule has 0 aliphatic carbocycles. The molecule has 6 heteroatoms. The summed E-state index contributed by atoms with van der Waals surface area (Å²) in [5.74, 6) is -1.32. The molecule has 1 aromatic rings. The number of hydrogen-bond acceptors (Lipinski definition) is 4. The van der Waals surface area contributed by atoms with Gasteiger partial charge in [-0.3, -0.25) is 4.18 Å². The van der Waals surface area contributed by atoms with Crippen molar-refractivity contribution in [2.75, 3.05) is 0 Å². The van der Waals surface area contributed by atoms with Gasteiger partial charge < -0.3 is 5.11 Å². The van der Waals surface area contributed by atoms with Gasteiger partial charge in [0.25, 0.3) is 10.1 Å². The van der Waals surface area contributed by atoms with Crippen molar-refractivity contribution >= 4 is 16.1 Å². The average Bonchev–Trinajstić information content (AvgIpc) is 2.17. The summed E-state index contributed by atoms with van der Waals surface area (Å²) in [6.07, 6.45) is -1.40. The molecule has 0 spiro atoms. The largest absolute Gasteiger partial charge is 0.479 e. The van der Waals surface area contributed by atoms with Gasteiger partial charge in [0.2, 0.25) is 0 Å². The number of carboxylic acids is 1. The number of benzene rings is 1. The third kappa shape index (κ3) is 2.80. The molecule has 0 saturated heterocycles. The normalized spacial score (nSPS) is 13.4. The standard InChI is InChI=1S/C10H12O5S/c1-7-5-3-4-6-9(7)16(13,14)15-8(2)10(11)12/h3-6,8H,1-2H3,(H,11,12)/t8-/m1/s1. The van der Waals surface area contributed by atoms with Crippen LogP contribution in [0.4, 0.5) is 0 Å². The van der Waals surface area contributed by atoms with Gasteiger partial charge in [0.1, 0.15) is 0 Å². The highest BCUT2D eigenvalue weighted by Gasteiger charge is 2.24. The molecule has 0 unspecified atom stereocenters. The summed E-state index contributed by atoms with van der Waals surface area (Å²) in [6, 6.07) is 6.23. The van der Waals surface area contributed by atoms with E-state index in [1.807, 2.05) is 0 Å². The fraction of sp³-hybridized carbons (Fsp3) is 0.300. The van der Waals surface area contributed by atoms with Crippen molar-refractivity contribution in [3.8, 4) is 0 Å². The summed E-state index contributed by atoms with van der Waals surface area (Å²) in [5, 5.41) is 8.57. The molecule has 0 aromatic heterocycles. The molecule has 0 amide bonds. The van der Waals surface area contributed by atoms with E-state index >= 15 is 0 Å². The maximum absolute atomic E-state index is 11.7. The van der Waals surface area contributed by atoms with Crippen LogP contribution in [-0.4, -0.2) is 25.6 Å². The molecule has 1 rings (SSSR count).